The van der Waals surface area contributed by atoms with E-state index in [0.29, 0.717) is 30.9 Å². The van der Waals surface area contributed by atoms with E-state index in [0.717, 1.165) is 144 Å². The molecular weight excluding hydrogens is 1190 g/mol. The third kappa shape index (κ3) is 13.1. The van der Waals surface area contributed by atoms with E-state index in [9.17, 15) is 47.8 Å². The predicted molar refractivity (Wildman–Crippen MR) is 352 cm³/mol. The molecule has 14 rings (SSSR count). The second-order valence-electron chi connectivity index (χ2n) is 24.4. The summed E-state index contributed by atoms with van der Waals surface area (Å²) in [6.45, 7) is 5.91. The smallest absolute Gasteiger partial charge is 0.416 e. The maximum Gasteiger partial charge on any atom is 0.416 e. The van der Waals surface area contributed by atoms with Crippen molar-refractivity contribution in [1.29, 1.82) is 0 Å². The van der Waals surface area contributed by atoms with E-state index in [1.165, 1.54) is 52.9 Å². The van der Waals surface area contributed by atoms with Crippen LogP contribution in [0.15, 0.2) is 176 Å². The van der Waals surface area contributed by atoms with Crippen molar-refractivity contribution < 1.29 is 42.1 Å². The number of alkyl halides is 3. The van der Waals surface area contributed by atoms with Crippen molar-refractivity contribution in [2.45, 2.75) is 109 Å². The Kier molecular flexibility index (Phi) is 18.6. The number of hydrogen-bond acceptors (Lipinski definition) is 8. The molecule has 0 saturated heterocycles. The lowest BCUT2D eigenvalue weighted by Gasteiger charge is -2.38. The maximum atomic E-state index is 13.6. The molecule has 3 aliphatic heterocycles. The van der Waals surface area contributed by atoms with Gasteiger partial charge in [-0.1, -0.05) is 124 Å². The van der Waals surface area contributed by atoms with Gasteiger partial charge in [0.25, 0.3) is 17.3 Å². The molecule has 1 aliphatic carbocycles. The van der Waals surface area contributed by atoms with Gasteiger partial charge in [0, 0.05) is 106 Å². The Balaban J connectivity index is 0.000000134. The first-order valence-corrected chi connectivity index (χ1v) is 32.1. The number of halogens is 3. The van der Waals surface area contributed by atoms with Gasteiger partial charge in [-0.05, 0) is 145 Å². The number of H-pyrrole nitrogens is 3. The second kappa shape index (κ2) is 27.4. The average molecular weight is 1260 g/mol. The molecule has 4 aliphatic rings. The van der Waals surface area contributed by atoms with Gasteiger partial charge in [-0.2, -0.15) is 13.2 Å². The summed E-state index contributed by atoms with van der Waals surface area (Å²) in [5.41, 5.74) is 11.4. The zero-order valence-electron chi connectivity index (χ0n) is 51.9. The van der Waals surface area contributed by atoms with E-state index in [4.69, 9.17) is 4.74 Å². The molecule has 4 atom stereocenters. The summed E-state index contributed by atoms with van der Waals surface area (Å²) >= 11 is 0. The minimum atomic E-state index is -4.38. The molecule has 4 unspecified atom stereocenters. The molecule has 10 aromatic rings. The molecule has 7 aromatic carbocycles. The summed E-state index contributed by atoms with van der Waals surface area (Å²) in [5, 5.41) is 25.7. The number of nitro groups is 2. The normalized spacial score (nSPS) is 17.3. The van der Waals surface area contributed by atoms with Crippen molar-refractivity contribution in [2.24, 2.45) is 11.8 Å². The standard InChI is InChI=1S/C25H21N3O4.C25H29N3O3.C24H23F3N2O/c29-23(16-32-19-6-2-1-3-7-19)27-15-14-21-20-8-4-5-9-22(20)26-24(21)25(27)17-10-12-18(13-11-17)28(30)31;1-3-5-8-17(4-2)25(29)27-16-15-21-20-9-6-7-10-22(20)26-23(21)24(27)18-11-13-19(14-12-18)28(30)31;25-24(26,27)17-11-9-15(10-12-17)22-21-19(18-7-3-4-8-20(18)28-21)13-14-29(22)23(30)16-5-1-2-6-16/h1-13,25-26H,14-16H2;6-7,9-14,17,24,26H,3-5,8,15-16H2,1-2H3;3-4,7-12,16,22,28H,1-2,5-6,13-14H2. The highest BCUT2D eigenvalue weighted by atomic mass is 19.4. The number of nitro benzene ring substituents is 2. The molecule has 19 heteroatoms. The number of non-ortho nitro benzene ring substituents is 2. The van der Waals surface area contributed by atoms with E-state index in [2.05, 4.69) is 53.1 Å². The van der Waals surface area contributed by atoms with E-state index >= 15 is 0 Å². The van der Waals surface area contributed by atoms with Crippen LogP contribution in [0.4, 0.5) is 24.5 Å². The number of aromatic amines is 3. The minimum absolute atomic E-state index is 0.00595. The van der Waals surface area contributed by atoms with Crippen LogP contribution >= 0.6 is 0 Å². The number of hydrogen-bond donors (Lipinski definition) is 3. The number of benzene rings is 7. The molecule has 3 aromatic heterocycles. The van der Waals surface area contributed by atoms with Crippen molar-refractivity contribution >= 4 is 61.8 Å². The number of ether oxygens (including phenoxy) is 1. The van der Waals surface area contributed by atoms with Crippen LogP contribution in [0.25, 0.3) is 32.7 Å². The third-order valence-corrected chi connectivity index (χ3v) is 18.9. The molecule has 3 amide bonds. The summed E-state index contributed by atoms with van der Waals surface area (Å²) in [4.78, 5) is 77.9. The highest BCUT2D eigenvalue weighted by Crippen LogP contribution is 2.44. The number of fused-ring (bicyclic) bond motifs is 9. The van der Waals surface area contributed by atoms with E-state index in [1.54, 1.807) is 29.2 Å². The fraction of sp³-hybridized carbons (Fsp3) is 0.311. The largest absolute Gasteiger partial charge is 0.484 e. The number of para-hydroxylation sites is 4. The van der Waals surface area contributed by atoms with Gasteiger partial charge >= 0.3 is 6.18 Å². The van der Waals surface area contributed by atoms with Gasteiger partial charge in [0.1, 0.15) is 5.75 Å². The Morgan fingerprint density at radius 1 is 0.548 bits per heavy atom. The number of amides is 3. The quantitative estimate of drug-likeness (QED) is 0.0704. The Labute approximate surface area is 536 Å². The maximum absolute atomic E-state index is 13.6. The fourth-order valence-corrected chi connectivity index (χ4v) is 14.3. The van der Waals surface area contributed by atoms with Crippen molar-refractivity contribution in [3.05, 3.63) is 252 Å². The minimum Gasteiger partial charge on any atom is -0.484 e. The summed E-state index contributed by atoms with van der Waals surface area (Å²) in [6.07, 6.45) is 5.64. The number of rotatable bonds is 14. The molecule has 93 heavy (non-hydrogen) atoms. The summed E-state index contributed by atoms with van der Waals surface area (Å²) in [7, 11) is 0. The number of nitrogens with one attached hydrogen (secondary N) is 3. The number of aromatic nitrogens is 3. The third-order valence-electron chi connectivity index (χ3n) is 18.9. The Hall–Kier alpha value is -10.0. The molecule has 16 nitrogen and oxygen atoms in total. The lowest BCUT2D eigenvalue weighted by molar-refractivity contribution is -0.385. The molecular formula is C74H73F3N8O8. The number of nitrogens with zero attached hydrogens (tertiary/aromatic N) is 5. The molecule has 478 valence electrons. The van der Waals surface area contributed by atoms with Gasteiger partial charge in [-0.15, -0.1) is 0 Å². The molecule has 1 fully saturated rings. The second-order valence-corrected chi connectivity index (χ2v) is 24.4. The van der Waals surface area contributed by atoms with E-state index < -0.39 is 22.7 Å². The molecule has 0 radical (unpaired) electrons. The van der Waals surface area contributed by atoms with Gasteiger partial charge < -0.3 is 34.4 Å². The first-order valence-electron chi connectivity index (χ1n) is 32.1. The molecule has 6 heterocycles. The number of unbranched alkanes of at least 4 members (excludes halogenated alkanes) is 1. The Bertz CT molecular complexity index is 4330. The summed E-state index contributed by atoms with van der Waals surface area (Å²) in [6, 6.07) is 50.8. The van der Waals surface area contributed by atoms with Gasteiger partial charge in [0.2, 0.25) is 11.8 Å². The number of carbonyl (C=O) groups excluding carboxylic acids is 3. The molecule has 0 spiro atoms. The van der Waals surface area contributed by atoms with Gasteiger partial charge in [-0.3, -0.25) is 34.6 Å². The van der Waals surface area contributed by atoms with Crippen LogP contribution in [-0.2, 0) is 39.8 Å². The van der Waals surface area contributed by atoms with E-state index in [1.807, 2.05) is 88.7 Å². The monoisotopic (exact) mass is 1260 g/mol. The van der Waals surface area contributed by atoms with Crippen LogP contribution in [0.3, 0.4) is 0 Å². The Morgan fingerprint density at radius 2 is 0.957 bits per heavy atom. The molecule has 1 saturated carbocycles. The highest BCUT2D eigenvalue weighted by molar-refractivity contribution is 5.89. The molecule has 0 bridgehead atoms. The van der Waals surface area contributed by atoms with Crippen molar-refractivity contribution in [3.63, 3.8) is 0 Å². The van der Waals surface area contributed by atoms with Crippen LogP contribution in [-0.4, -0.2) is 83.5 Å². The van der Waals surface area contributed by atoms with Gasteiger partial charge in [-0.25, -0.2) is 0 Å². The predicted octanol–water partition coefficient (Wildman–Crippen LogP) is 16.2. The average Bonchev–Trinajstić information content (AvgIpc) is 1.67. The SMILES string of the molecule is CCCCC(CC)C(=O)N1CCc2c([nH]c3ccccc23)C1c1ccc([N+](=O)[O-])cc1.O=C(C1CCCC1)N1CCc2c([nH]c3ccccc23)C1c1ccc(C(F)(F)F)cc1.O=C(COc1ccccc1)N1CCc2c([nH]c3ccccc23)C1c1ccc([N+](=O)[O-])cc1. The van der Waals surface area contributed by atoms with Crippen LogP contribution in [0, 0.1) is 32.1 Å². The fourth-order valence-electron chi connectivity index (χ4n) is 14.3. The number of carbonyl (C=O) groups is 3. The summed E-state index contributed by atoms with van der Waals surface area (Å²) in [5.74, 6) is 0.835. The van der Waals surface area contributed by atoms with Crippen molar-refractivity contribution in [2.75, 3.05) is 26.2 Å². The molecule has 3 N–H and O–H groups in total. The van der Waals surface area contributed by atoms with Crippen LogP contribution < -0.4 is 4.74 Å². The zero-order valence-corrected chi connectivity index (χ0v) is 51.9. The van der Waals surface area contributed by atoms with Crippen molar-refractivity contribution in [3.8, 4) is 5.75 Å². The van der Waals surface area contributed by atoms with Crippen LogP contribution in [0.5, 0.6) is 5.75 Å². The summed E-state index contributed by atoms with van der Waals surface area (Å²) < 4.78 is 44.9. The first kappa shape index (κ1) is 63.1. The lowest BCUT2D eigenvalue weighted by Crippen LogP contribution is -2.43. The topological polar surface area (TPSA) is 204 Å². The first-order chi connectivity index (χ1) is 45.1. The Morgan fingerprint density at radius 3 is 1.40 bits per heavy atom. The highest BCUT2D eigenvalue weighted by Gasteiger charge is 2.41. The van der Waals surface area contributed by atoms with Gasteiger partial charge in [0.15, 0.2) is 6.61 Å². The van der Waals surface area contributed by atoms with E-state index in [-0.39, 0.29) is 64.5 Å². The van der Waals surface area contributed by atoms with Gasteiger partial charge in [0.05, 0.1) is 33.5 Å². The zero-order chi connectivity index (χ0) is 64.9. The van der Waals surface area contributed by atoms with Crippen molar-refractivity contribution in [1.82, 2.24) is 29.7 Å². The van der Waals surface area contributed by atoms with Crippen LogP contribution in [0.1, 0.15) is 139 Å². The lowest BCUT2D eigenvalue weighted by atomic mass is 9.89. The van der Waals surface area contributed by atoms with Crippen LogP contribution in [0.2, 0.25) is 0 Å².